The zero-order valence-corrected chi connectivity index (χ0v) is 9.74. The summed E-state index contributed by atoms with van der Waals surface area (Å²) < 4.78 is 10.7. The van der Waals surface area contributed by atoms with Crippen LogP contribution in [0.5, 0.6) is 11.6 Å². The Morgan fingerprint density at radius 2 is 2.31 bits per heavy atom. The Morgan fingerprint density at radius 1 is 1.56 bits per heavy atom. The molecule has 0 atom stereocenters. The zero-order chi connectivity index (χ0) is 11.8. The fourth-order valence-corrected chi connectivity index (χ4v) is 1.91. The van der Waals surface area contributed by atoms with Crippen LogP contribution in [-0.2, 0) is 5.41 Å². The summed E-state index contributed by atoms with van der Waals surface area (Å²) in [6.07, 6.45) is 1.65. The minimum atomic E-state index is -0.0123. The van der Waals surface area contributed by atoms with Crippen LogP contribution in [0.15, 0.2) is 6.07 Å². The third-order valence-electron chi connectivity index (χ3n) is 2.98. The number of ether oxygens (including phenoxy) is 2. The summed E-state index contributed by atoms with van der Waals surface area (Å²) in [5.41, 5.74) is 1.36. The average molecular weight is 221 g/mol. The molecule has 0 aliphatic carbocycles. The van der Waals surface area contributed by atoms with E-state index in [1.165, 1.54) is 7.11 Å². The lowest BCUT2D eigenvalue weighted by atomic mass is 9.80. The molecule has 0 fully saturated rings. The van der Waals surface area contributed by atoms with Crippen LogP contribution >= 0.6 is 0 Å². The molecule has 86 valence electrons. The van der Waals surface area contributed by atoms with Crippen LogP contribution in [0.4, 0.5) is 0 Å². The zero-order valence-electron chi connectivity index (χ0n) is 9.74. The number of aromatic nitrogens is 1. The number of rotatable bonds is 2. The number of hydrogen-bond donors (Lipinski definition) is 0. The van der Waals surface area contributed by atoms with Gasteiger partial charge in [-0.25, -0.2) is 4.98 Å². The number of carbonyl (C=O) groups is 1. The van der Waals surface area contributed by atoms with E-state index in [2.05, 4.69) is 18.8 Å². The largest absolute Gasteiger partial charge is 0.488 e. The van der Waals surface area contributed by atoms with Crippen molar-refractivity contribution < 1.29 is 14.3 Å². The number of fused-ring (bicyclic) bond motifs is 1. The molecule has 0 amide bonds. The highest BCUT2D eigenvalue weighted by Crippen LogP contribution is 2.42. The summed E-state index contributed by atoms with van der Waals surface area (Å²) in [5, 5.41) is 0. The first-order chi connectivity index (χ1) is 7.58. The summed E-state index contributed by atoms with van der Waals surface area (Å²) >= 11 is 0. The van der Waals surface area contributed by atoms with Crippen molar-refractivity contribution in [3.05, 3.63) is 17.3 Å². The molecule has 0 bridgehead atoms. The molecule has 2 rings (SSSR count). The number of nitrogens with zero attached hydrogens (tertiary/aromatic N) is 1. The van der Waals surface area contributed by atoms with Crippen molar-refractivity contribution in [3.63, 3.8) is 0 Å². The second-order valence-corrected chi connectivity index (χ2v) is 4.53. The normalized spacial score (nSPS) is 17.2. The number of pyridine rings is 1. The fraction of sp³-hybridized carbons (Fsp3) is 0.500. The number of methoxy groups -OCH3 is 1. The lowest BCUT2D eigenvalue weighted by Crippen LogP contribution is -2.27. The molecule has 0 saturated carbocycles. The Kier molecular flexibility index (Phi) is 2.58. The molecule has 0 unspecified atom stereocenters. The molecule has 4 heteroatoms. The van der Waals surface area contributed by atoms with Crippen molar-refractivity contribution in [1.29, 1.82) is 0 Å². The molecule has 4 nitrogen and oxygen atoms in total. The third-order valence-corrected chi connectivity index (χ3v) is 2.98. The van der Waals surface area contributed by atoms with E-state index in [4.69, 9.17) is 9.47 Å². The van der Waals surface area contributed by atoms with Crippen molar-refractivity contribution >= 4 is 6.29 Å². The Balaban J connectivity index is 2.64. The van der Waals surface area contributed by atoms with Gasteiger partial charge in [0.15, 0.2) is 12.0 Å². The van der Waals surface area contributed by atoms with E-state index in [9.17, 15) is 4.79 Å². The quantitative estimate of drug-likeness (QED) is 0.716. The third kappa shape index (κ3) is 1.64. The van der Waals surface area contributed by atoms with E-state index < -0.39 is 0 Å². The molecule has 1 aliphatic heterocycles. The molecule has 16 heavy (non-hydrogen) atoms. The predicted octanol–water partition coefficient (Wildman–Crippen LogP) is 1.96. The summed E-state index contributed by atoms with van der Waals surface area (Å²) in [5.74, 6) is 1.07. The van der Waals surface area contributed by atoms with Crippen LogP contribution in [-0.4, -0.2) is 25.0 Å². The summed E-state index contributed by atoms with van der Waals surface area (Å²) in [6.45, 7) is 4.91. The van der Waals surface area contributed by atoms with Gasteiger partial charge in [-0.05, 0) is 17.9 Å². The molecule has 0 spiro atoms. The number of carbonyl (C=O) groups excluding carboxylic acids is 1. The van der Waals surface area contributed by atoms with Crippen LogP contribution in [0.3, 0.4) is 0 Å². The summed E-state index contributed by atoms with van der Waals surface area (Å²) in [7, 11) is 1.53. The fourth-order valence-electron chi connectivity index (χ4n) is 1.91. The lowest BCUT2D eigenvalue weighted by Gasteiger charge is -2.32. The van der Waals surface area contributed by atoms with E-state index in [0.29, 0.717) is 23.9 Å². The van der Waals surface area contributed by atoms with Crippen LogP contribution in [0, 0.1) is 0 Å². The van der Waals surface area contributed by atoms with E-state index >= 15 is 0 Å². The van der Waals surface area contributed by atoms with E-state index in [-0.39, 0.29) is 5.41 Å². The first kappa shape index (κ1) is 10.9. The van der Waals surface area contributed by atoms with Gasteiger partial charge in [-0.2, -0.15) is 0 Å². The Morgan fingerprint density at radius 3 is 2.94 bits per heavy atom. The Bertz CT molecular complexity index is 427. The van der Waals surface area contributed by atoms with Gasteiger partial charge in [-0.1, -0.05) is 13.8 Å². The molecule has 1 aromatic heterocycles. The maximum atomic E-state index is 10.8. The van der Waals surface area contributed by atoms with Gasteiger partial charge in [0.1, 0.15) is 5.69 Å². The number of hydrogen-bond acceptors (Lipinski definition) is 4. The van der Waals surface area contributed by atoms with Gasteiger partial charge in [0.05, 0.1) is 13.7 Å². The Labute approximate surface area is 94.6 Å². The molecule has 2 heterocycles. The van der Waals surface area contributed by atoms with E-state index in [1.807, 2.05) is 0 Å². The van der Waals surface area contributed by atoms with Crippen LogP contribution < -0.4 is 9.47 Å². The smallest absolute Gasteiger partial charge is 0.257 e. The monoisotopic (exact) mass is 221 g/mol. The molecular weight excluding hydrogens is 206 g/mol. The summed E-state index contributed by atoms with van der Waals surface area (Å²) in [6, 6.07) is 1.78. The van der Waals surface area contributed by atoms with Crippen molar-refractivity contribution in [1.82, 2.24) is 4.98 Å². The SMILES string of the molecule is COc1nc(C=O)cc2c1OCCC2(C)C. The number of aldehydes is 1. The molecule has 1 aromatic rings. The van der Waals surface area contributed by atoms with Crippen LogP contribution in [0.2, 0.25) is 0 Å². The van der Waals surface area contributed by atoms with Crippen LogP contribution in [0.25, 0.3) is 0 Å². The molecule has 0 N–H and O–H groups in total. The average Bonchev–Trinajstić information content (AvgIpc) is 2.27. The minimum Gasteiger partial charge on any atom is -0.488 e. The van der Waals surface area contributed by atoms with E-state index in [0.717, 1.165) is 18.3 Å². The van der Waals surface area contributed by atoms with Crippen molar-refractivity contribution in [2.24, 2.45) is 0 Å². The standard InChI is InChI=1S/C12H15NO3/c1-12(2)4-5-16-10-9(12)6-8(7-14)13-11(10)15-3/h6-7H,4-5H2,1-3H3. The highest BCUT2D eigenvalue weighted by atomic mass is 16.5. The van der Waals surface area contributed by atoms with Gasteiger partial charge in [0.2, 0.25) is 0 Å². The van der Waals surface area contributed by atoms with Crippen LogP contribution in [0.1, 0.15) is 36.3 Å². The maximum Gasteiger partial charge on any atom is 0.257 e. The lowest BCUT2D eigenvalue weighted by molar-refractivity contribution is 0.111. The second-order valence-electron chi connectivity index (χ2n) is 4.53. The van der Waals surface area contributed by atoms with Gasteiger partial charge in [0.25, 0.3) is 5.88 Å². The minimum absolute atomic E-state index is 0.0123. The highest BCUT2D eigenvalue weighted by Gasteiger charge is 2.32. The van der Waals surface area contributed by atoms with Gasteiger partial charge < -0.3 is 9.47 Å². The topological polar surface area (TPSA) is 48.4 Å². The summed E-state index contributed by atoms with van der Waals surface area (Å²) in [4.78, 5) is 14.9. The molecule has 0 radical (unpaired) electrons. The first-order valence-electron chi connectivity index (χ1n) is 5.26. The van der Waals surface area contributed by atoms with Crippen molar-refractivity contribution in [2.45, 2.75) is 25.7 Å². The van der Waals surface area contributed by atoms with Gasteiger partial charge in [-0.3, -0.25) is 4.79 Å². The molecule has 0 aromatic carbocycles. The molecule has 0 saturated heterocycles. The van der Waals surface area contributed by atoms with Gasteiger partial charge in [0, 0.05) is 5.56 Å². The van der Waals surface area contributed by atoms with Gasteiger partial charge >= 0.3 is 0 Å². The van der Waals surface area contributed by atoms with Crippen molar-refractivity contribution in [3.8, 4) is 11.6 Å². The predicted molar refractivity (Wildman–Crippen MR) is 59.3 cm³/mol. The highest BCUT2D eigenvalue weighted by molar-refractivity contribution is 5.73. The van der Waals surface area contributed by atoms with E-state index in [1.54, 1.807) is 6.07 Å². The first-order valence-corrected chi connectivity index (χ1v) is 5.26. The molecular formula is C12H15NO3. The Hall–Kier alpha value is -1.58. The second kappa shape index (κ2) is 3.77. The van der Waals surface area contributed by atoms with Crippen molar-refractivity contribution in [2.75, 3.05) is 13.7 Å². The maximum absolute atomic E-state index is 10.8. The molecule has 1 aliphatic rings. The van der Waals surface area contributed by atoms with Gasteiger partial charge in [-0.15, -0.1) is 0 Å².